The second-order valence-electron chi connectivity index (χ2n) is 10.4. The maximum atomic E-state index is 13.4. The third-order valence-corrected chi connectivity index (χ3v) is 8.74. The summed E-state index contributed by atoms with van der Waals surface area (Å²) in [6, 6.07) is 4.11. The molecule has 0 saturated carbocycles. The number of rotatable bonds is 8. The van der Waals surface area contributed by atoms with Crippen LogP contribution in [0.1, 0.15) is 44.7 Å². The van der Waals surface area contributed by atoms with Gasteiger partial charge in [0.05, 0.1) is 25.6 Å². The van der Waals surface area contributed by atoms with Crippen molar-refractivity contribution in [2.45, 2.75) is 71.0 Å². The van der Waals surface area contributed by atoms with Gasteiger partial charge in [0.2, 0.25) is 15.9 Å². The Kier molecular flexibility index (Phi) is 9.62. The van der Waals surface area contributed by atoms with Crippen LogP contribution in [0.15, 0.2) is 27.6 Å². The van der Waals surface area contributed by atoms with Crippen molar-refractivity contribution >= 4 is 27.6 Å². The molecular weight excluding hydrogens is 526 g/mol. The van der Waals surface area contributed by atoms with Crippen molar-refractivity contribution in [2.75, 3.05) is 32.1 Å². The van der Waals surface area contributed by atoms with Crippen LogP contribution in [0, 0.1) is 19.8 Å². The summed E-state index contributed by atoms with van der Waals surface area (Å²) in [6.45, 7) is 10.4. The molecular formula is C26H39N5O7S. The van der Waals surface area contributed by atoms with Crippen LogP contribution >= 0.6 is 0 Å². The van der Waals surface area contributed by atoms with Crippen molar-refractivity contribution in [1.82, 2.24) is 19.7 Å². The molecule has 2 heterocycles. The Morgan fingerprint density at radius 2 is 1.97 bits per heavy atom. The molecule has 0 spiro atoms. The van der Waals surface area contributed by atoms with Crippen LogP contribution < -0.4 is 15.4 Å². The lowest BCUT2D eigenvalue weighted by atomic mass is 10.0. The smallest absolute Gasteiger partial charge is 0.319 e. The van der Waals surface area contributed by atoms with Gasteiger partial charge in [-0.1, -0.05) is 12.1 Å². The number of hydrogen-bond acceptors (Lipinski definition) is 8. The number of fused-ring (bicyclic) bond motifs is 1. The Bertz CT molecular complexity index is 1270. The molecule has 13 heteroatoms. The van der Waals surface area contributed by atoms with Crippen LogP contribution in [0.25, 0.3) is 0 Å². The predicted octanol–water partition coefficient (Wildman–Crippen LogP) is 2.29. The molecule has 3 rings (SSSR count). The molecule has 1 aromatic carbocycles. The fourth-order valence-electron chi connectivity index (χ4n) is 4.50. The van der Waals surface area contributed by atoms with Crippen LogP contribution in [0.4, 0.5) is 10.5 Å². The highest BCUT2D eigenvalue weighted by Gasteiger charge is 2.35. The van der Waals surface area contributed by atoms with Crippen molar-refractivity contribution in [1.29, 1.82) is 0 Å². The molecule has 1 aliphatic rings. The first-order chi connectivity index (χ1) is 18.2. The van der Waals surface area contributed by atoms with Gasteiger partial charge in [-0.3, -0.25) is 4.79 Å². The summed E-state index contributed by atoms with van der Waals surface area (Å²) < 4.78 is 39.5. The number of carbonyl (C=O) groups is 2. The lowest BCUT2D eigenvalue weighted by molar-refractivity contribution is -0.134. The zero-order valence-corrected chi connectivity index (χ0v) is 24.3. The van der Waals surface area contributed by atoms with Gasteiger partial charge in [-0.25, -0.2) is 13.2 Å². The second-order valence-corrected chi connectivity index (χ2v) is 12.4. The Hall–Kier alpha value is -3.16. The first-order valence-corrected chi connectivity index (χ1v) is 14.3. The number of aromatic nitrogens is 1. The van der Waals surface area contributed by atoms with Crippen LogP contribution in [0.3, 0.4) is 0 Å². The standard InChI is InChI=1S/C26H39N5O7S/c1-15(2)27-26(34)28-21-8-9-22-20(10-21)11-24(33)31(17(4)14-32)12-16(3)23(37-22)13-30(7)39(35,36)25-18(5)29-38-19(25)6/h8-10,15-17,23,32H,11-14H2,1-7H3,(H2,27,28,34)/t16-,17+,23-/m0/s1. The summed E-state index contributed by atoms with van der Waals surface area (Å²) >= 11 is 0. The van der Waals surface area contributed by atoms with Crippen LogP contribution in [-0.4, -0.2) is 84.8 Å². The minimum Gasteiger partial charge on any atom is -0.488 e. The molecule has 3 atom stereocenters. The number of amides is 3. The lowest BCUT2D eigenvalue weighted by Crippen LogP contribution is -2.48. The van der Waals surface area contributed by atoms with E-state index in [1.54, 1.807) is 43.9 Å². The first-order valence-electron chi connectivity index (χ1n) is 12.9. The van der Waals surface area contributed by atoms with Crippen molar-refractivity contribution in [3.63, 3.8) is 0 Å². The summed E-state index contributed by atoms with van der Waals surface area (Å²) in [5.74, 6) is 0.0973. The minimum atomic E-state index is -3.94. The van der Waals surface area contributed by atoms with E-state index in [0.717, 1.165) is 0 Å². The second kappa shape index (κ2) is 12.3. The average molecular weight is 566 g/mol. The lowest BCUT2D eigenvalue weighted by Gasteiger charge is -2.33. The number of hydrogen-bond donors (Lipinski definition) is 3. The third-order valence-electron chi connectivity index (χ3n) is 6.67. The number of aliphatic hydroxyl groups is 1. The number of aliphatic hydroxyl groups excluding tert-OH is 1. The third kappa shape index (κ3) is 7.08. The molecule has 1 aliphatic heterocycles. The summed E-state index contributed by atoms with van der Waals surface area (Å²) in [4.78, 5) is 27.2. The molecule has 3 N–H and O–H groups in total. The van der Waals surface area contributed by atoms with E-state index in [1.807, 2.05) is 20.8 Å². The number of likely N-dealkylation sites (N-methyl/N-ethyl adjacent to an activating group) is 1. The maximum absolute atomic E-state index is 13.4. The fourth-order valence-corrected chi connectivity index (χ4v) is 5.97. The SMILES string of the molecule is Cc1noc(C)c1S(=O)(=O)N(C)C[C@@H]1Oc2ccc(NC(=O)NC(C)C)cc2CC(=O)N([C@H](C)CO)C[C@@H]1C. The number of ether oxygens (including phenoxy) is 1. The van der Waals surface area contributed by atoms with Gasteiger partial charge < -0.3 is 29.9 Å². The van der Waals surface area contributed by atoms with Gasteiger partial charge in [-0.05, 0) is 52.8 Å². The number of benzene rings is 1. The molecule has 2 aromatic rings. The number of carbonyl (C=O) groups excluding carboxylic acids is 2. The van der Waals surface area contributed by atoms with Gasteiger partial charge >= 0.3 is 6.03 Å². The normalized spacial score (nSPS) is 19.1. The van der Waals surface area contributed by atoms with Crippen LogP contribution in [0.5, 0.6) is 5.75 Å². The number of aryl methyl sites for hydroxylation is 2. The Morgan fingerprint density at radius 3 is 2.56 bits per heavy atom. The fraction of sp³-hybridized carbons (Fsp3) is 0.577. The number of sulfonamides is 1. The van der Waals surface area contributed by atoms with E-state index in [1.165, 1.54) is 11.4 Å². The molecule has 1 aromatic heterocycles. The molecule has 0 bridgehead atoms. The average Bonchev–Trinajstić information content (AvgIpc) is 3.21. The van der Waals surface area contributed by atoms with E-state index in [4.69, 9.17) is 9.26 Å². The van der Waals surface area contributed by atoms with Crippen LogP contribution in [0.2, 0.25) is 0 Å². The molecule has 216 valence electrons. The molecule has 39 heavy (non-hydrogen) atoms. The maximum Gasteiger partial charge on any atom is 0.319 e. The zero-order valence-electron chi connectivity index (χ0n) is 23.5. The highest BCUT2D eigenvalue weighted by atomic mass is 32.2. The monoisotopic (exact) mass is 565 g/mol. The van der Waals surface area contributed by atoms with E-state index >= 15 is 0 Å². The molecule has 12 nitrogen and oxygen atoms in total. The van der Waals surface area contributed by atoms with E-state index in [9.17, 15) is 23.1 Å². The van der Waals surface area contributed by atoms with Crippen molar-refractivity contribution in [2.24, 2.45) is 5.92 Å². The number of urea groups is 1. The number of nitrogens with one attached hydrogen (secondary N) is 2. The van der Waals surface area contributed by atoms with Gasteiger partial charge in [0.1, 0.15) is 22.4 Å². The summed E-state index contributed by atoms with van der Waals surface area (Å²) in [5, 5.41) is 19.1. The highest BCUT2D eigenvalue weighted by Crippen LogP contribution is 2.30. The van der Waals surface area contributed by atoms with Gasteiger partial charge in [-0.15, -0.1) is 0 Å². The molecule has 0 radical (unpaired) electrons. The summed E-state index contributed by atoms with van der Waals surface area (Å²) in [5.41, 5.74) is 1.28. The van der Waals surface area contributed by atoms with E-state index in [0.29, 0.717) is 17.0 Å². The number of nitrogens with zero attached hydrogens (tertiary/aromatic N) is 3. The molecule has 0 unspecified atom stereocenters. The molecule has 0 saturated heterocycles. The molecule has 0 fully saturated rings. The quantitative estimate of drug-likeness (QED) is 0.441. The van der Waals surface area contributed by atoms with Gasteiger partial charge in [0.25, 0.3) is 0 Å². The Balaban J connectivity index is 1.97. The zero-order chi connectivity index (χ0) is 29.1. The topological polar surface area (TPSA) is 154 Å². The van der Waals surface area contributed by atoms with Crippen molar-refractivity contribution in [3.8, 4) is 5.75 Å². The van der Waals surface area contributed by atoms with E-state index in [-0.39, 0.29) is 66.4 Å². The predicted molar refractivity (Wildman–Crippen MR) is 145 cm³/mol. The van der Waals surface area contributed by atoms with E-state index in [2.05, 4.69) is 15.8 Å². The van der Waals surface area contributed by atoms with Crippen LogP contribution in [-0.2, 0) is 21.2 Å². The van der Waals surface area contributed by atoms with E-state index < -0.39 is 22.2 Å². The van der Waals surface area contributed by atoms with Gasteiger partial charge in [-0.2, -0.15) is 4.31 Å². The Labute approximate surface area is 229 Å². The first kappa shape index (κ1) is 30.4. The largest absolute Gasteiger partial charge is 0.488 e. The van der Waals surface area contributed by atoms with Crippen molar-refractivity contribution in [3.05, 3.63) is 35.2 Å². The Morgan fingerprint density at radius 1 is 1.28 bits per heavy atom. The van der Waals surface area contributed by atoms with Gasteiger partial charge in [0.15, 0.2) is 5.76 Å². The van der Waals surface area contributed by atoms with Gasteiger partial charge in [0, 0.05) is 36.8 Å². The van der Waals surface area contributed by atoms with Crippen molar-refractivity contribution < 1.29 is 32.4 Å². The summed E-state index contributed by atoms with van der Waals surface area (Å²) in [7, 11) is -2.48. The number of anilines is 1. The molecule has 0 aliphatic carbocycles. The highest BCUT2D eigenvalue weighted by molar-refractivity contribution is 7.89. The minimum absolute atomic E-state index is 0.0146. The molecule has 3 amide bonds. The summed E-state index contributed by atoms with van der Waals surface area (Å²) in [6.07, 6.45) is -0.667.